The first-order chi connectivity index (χ1) is 6.86. The van der Waals surface area contributed by atoms with Crippen LogP contribution >= 0.6 is 11.5 Å². The number of hydrogen-bond acceptors (Lipinski definition) is 5. The van der Waals surface area contributed by atoms with Crippen molar-refractivity contribution in [2.24, 2.45) is 4.99 Å². The van der Waals surface area contributed by atoms with Gasteiger partial charge in [0, 0.05) is 23.3 Å². The molecule has 1 aromatic carbocycles. The molecule has 0 saturated heterocycles. The first-order valence-electron chi connectivity index (χ1n) is 3.96. The lowest BCUT2D eigenvalue weighted by Crippen LogP contribution is -1.79. The topological polar surface area (TPSA) is 58.4 Å². The molecule has 0 aliphatic rings. The molecule has 5 heteroatoms. The van der Waals surface area contributed by atoms with Crippen LogP contribution in [0.3, 0.4) is 0 Å². The van der Waals surface area contributed by atoms with Crippen molar-refractivity contribution in [3.05, 3.63) is 36.0 Å². The Morgan fingerprint density at radius 2 is 2.21 bits per heavy atom. The molecule has 2 aromatic rings. The van der Waals surface area contributed by atoms with Crippen molar-refractivity contribution >= 4 is 22.7 Å². The average molecular weight is 205 g/mol. The summed E-state index contributed by atoms with van der Waals surface area (Å²) in [5.74, 6) is 0.216. The minimum atomic E-state index is 0.216. The fraction of sp³-hybridized carbons (Fsp3) is 0. The van der Waals surface area contributed by atoms with Gasteiger partial charge in [-0.2, -0.15) is 0 Å². The largest absolute Gasteiger partial charge is 0.507 e. The van der Waals surface area contributed by atoms with E-state index in [9.17, 15) is 5.11 Å². The van der Waals surface area contributed by atoms with Crippen molar-refractivity contribution in [2.45, 2.75) is 0 Å². The van der Waals surface area contributed by atoms with Gasteiger partial charge in [-0.05, 0) is 12.1 Å². The molecule has 1 N–H and O–H groups in total. The first kappa shape index (κ1) is 8.83. The third-order valence-electron chi connectivity index (χ3n) is 1.62. The second-order valence-corrected chi connectivity index (χ2v) is 3.34. The molecule has 0 aliphatic heterocycles. The summed E-state index contributed by atoms with van der Waals surface area (Å²) >= 11 is 1.21. The van der Waals surface area contributed by atoms with E-state index in [4.69, 9.17) is 0 Å². The Balaban J connectivity index is 2.23. The zero-order valence-electron chi connectivity index (χ0n) is 7.16. The van der Waals surface area contributed by atoms with Crippen LogP contribution in [0.2, 0.25) is 0 Å². The monoisotopic (exact) mass is 205 g/mol. The molecule has 1 aromatic heterocycles. The van der Waals surface area contributed by atoms with Crippen LogP contribution in [0, 0.1) is 0 Å². The summed E-state index contributed by atoms with van der Waals surface area (Å²) in [5, 5.41) is 13.8. The molecule has 14 heavy (non-hydrogen) atoms. The van der Waals surface area contributed by atoms with Gasteiger partial charge in [-0.1, -0.05) is 16.6 Å². The van der Waals surface area contributed by atoms with Gasteiger partial charge in [0.1, 0.15) is 5.75 Å². The summed E-state index contributed by atoms with van der Waals surface area (Å²) in [6.07, 6.45) is 3.16. The smallest absolute Gasteiger partial charge is 0.156 e. The molecule has 0 bridgehead atoms. The van der Waals surface area contributed by atoms with E-state index in [2.05, 4.69) is 14.6 Å². The van der Waals surface area contributed by atoms with Crippen LogP contribution in [-0.4, -0.2) is 20.9 Å². The second kappa shape index (κ2) is 3.97. The lowest BCUT2D eigenvalue weighted by Gasteiger charge is -1.94. The summed E-state index contributed by atoms with van der Waals surface area (Å²) in [5.41, 5.74) is 0.681. The molecule has 4 nitrogen and oxygen atoms in total. The van der Waals surface area contributed by atoms with Crippen molar-refractivity contribution in [1.82, 2.24) is 9.59 Å². The summed E-state index contributed by atoms with van der Waals surface area (Å²) in [7, 11) is 0. The Kier molecular flexibility index (Phi) is 2.51. The Bertz CT molecular complexity index is 439. The van der Waals surface area contributed by atoms with Gasteiger partial charge < -0.3 is 5.11 Å². The van der Waals surface area contributed by atoms with E-state index >= 15 is 0 Å². The average Bonchev–Trinajstić information content (AvgIpc) is 2.69. The Morgan fingerprint density at radius 3 is 2.93 bits per heavy atom. The molecule has 0 saturated carbocycles. The summed E-state index contributed by atoms with van der Waals surface area (Å²) in [6, 6.07) is 7.01. The highest BCUT2D eigenvalue weighted by molar-refractivity contribution is 7.09. The Hall–Kier alpha value is -1.75. The number of aliphatic imine (C=N–C) groups is 1. The number of phenolic OH excluding ortho intramolecular Hbond substituents is 1. The first-order valence-corrected chi connectivity index (χ1v) is 4.73. The van der Waals surface area contributed by atoms with Crippen molar-refractivity contribution < 1.29 is 5.11 Å². The molecule has 0 spiro atoms. The summed E-state index contributed by atoms with van der Waals surface area (Å²) in [4.78, 5) is 4.11. The second-order valence-electron chi connectivity index (χ2n) is 2.57. The number of para-hydroxylation sites is 1. The van der Waals surface area contributed by atoms with Crippen LogP contribution in [-0.2, 0) is 0 Å². The van der Waals surface area contributed by atoms with Crippen molar-refractivity contribution in [2.75, 3.05) is 0 Å². The van der Waals surface area contributed by atoms with Crippen LogP contribution < -0.4 is 0 Å². The van der Waals surface area contributed by atoms with Crippen molar-refractivity contribution in [3.63, 3.8) is 0 Å². The lowest BCUT2D eigenvalue weighted by atomic mass is 10.2. The van der Waals surface area contributed by atoms with Crippen LogP contribution in [0.4, 0.5) is 5.00 Å². The third kappa shape index (κ3) is 1.94. The molecule has 0 radical (unpaired) electrons. The van der Waals surface area contributed by atoms with E-state index in [1.54, 1.807) is 30.6 Å². The van der Waals surface area contributed by atoms with E-state index < -0.39 is 0 Å². The van der Waals surface area contributed by atoms with E-state index in [1.165, 1.54) is 11.5 Å². The van der Waals surface area contributed by atoms with E-state index in [-0.39, 0.29) is 5.75 Å². The quantitative estimate of drug-likeness (QED) is 0.763. The number of hydrogen-bond donors (Lipinski definition) is 1. The zero-order valence-corrected chi connectivity index (χ0v) is 7.98. The predicted octanol–water partition coefficient (Wildman–Crippen LogP) is 1.99. The van der Waals surface area contributed by atoms with E-state index in [1.807, 2.05) is 6.07 Å². The van der Waals surface area contributed by atoms with Gasteiger partial charge in [-0.25, -0.2) is 4.99 Å². The number of aromatic hydroxyl groups is 1. The summed E-state index contributed by atoms with van der Waals surface area (Å²) in [6.45, 7) is 0. The molecule has 1 heterocycles. The maximum absolute atomic E-state index is 9.42. The van der Waals surface area contributed by atoms with Gasteiger partial charge in [0.25, 0.3) is 0 Å². The molecular formula is C9H7N3OS. The van der Waals surface area contributed by atoms with Crippen LogP contribution in [0.1, 0.15) is 5.56 Å². The third-order valence-corrected chi connectivity index (χ3v) is 2.19. The molecule has 0 unspecified atom stereocenters. The van der Waals surface area contributed by atoms with Gasteiger partial charge in [-0.3, -0.25) is 0 Å². The van der Waals surface area contributed by atoms with Crippen molar-refractivity contribution in [1.29, 1.82) is 0 Å². The van der Waals surface area contributed by atoms with Gasteiger partial charge in [-0.15, -0.1) is 5.10 Å². The van der Waals surface area contributed by atoms with Crippen LogP contribution in [0.15, 0.2) is 35.5 Å². The number of rotatable bonds is 2. The number of benzene rings is 1. The number of aromatic nitrogens is 2. The highest BCUT2D eigenvalue weighted by Crippen LogP contribution is 2.17. The van der Waals surface area contributed by atoms with E-state index in [0.717, 1.165) is 0 Å². The molecule has 0 amide bonds. The Labute approximate surface area is 84.7 Å². The van der Waals surface area contributed by atoms with Gasteiger partial charge in [0.05, 0.1) is 6.20 Å². The zero-order chi connectivity index (χ0) is 9.80. The maximum atomic E-state index is 9.42. The normalized spacial score (nSPS) is 10.9. The van der Waals surface area contributed by atoms with Crippen LogP contribution in [0.25, 0.3) is 0 Å². The minimum absolute atomic E-state index is 0.216. The van der Waals surface area contributed by atoms with Crippen molar-refractivity contribution in [3.8, 4) is 5.75 Å². The van der Waals surface area contributed by atoms with Gasteiger partial charge >= 0.3 is 0 Å². The minimum Gasteiger partial charge on any atom is -0.507 e. The molecule has 70 valence electrons. The molecule has 2 rings (SSSR count). The van der Waals surface area contributed by atoms with Crippen LogP contribution in [0.5, 0.6) is 5.75 Å². The summed E-state index contributed by atoms with van der Waals surface area (Å²) < 4.78 is 3.67. The molecule has 0 atom stereocenters. The Morgan fingerprint density at radius 1 is 1.36 bits per heavy atom. The number of phenols is 1. The predicted molar refractivity (Wildman–Crippen MR) is 55.3 cm³/mol. The molecular weight excluding hydrogens is 198 g/mol. The number of nitrogens with zero attached hydrogens (tertiary/aromatic N) is 3. The lowest BCUT2D eigenvalue weighted by molar-refractivity contribution is 0.474. The fourth-order valence-electron chi connectivity index (χ4n) is 0.949. The maximum Gasteiger partial charge on any atom is 0.156 e. The fourth-order valence-corrected chi connectivity index (χ4v) is 1.32. The van der Waals surface area contributed by atoms with Gasteiger partial charge in [0.15, 0.2) is 5.00 Å². The molecule has 0 aliphatic carbocycles. The highest BCUT2D eigenvalue weighted by Gasteiger charge is 1.95. The molecule has 0 fully saturated rings. The standard InChI is InChI=1S/C9H7N3OS/c13-8-4-2-1-3-7(8)5-10-9-6-11-12-14-9/h1-6,13H/b10-5+. The van der Waals surface area contributed by atoms with Gasteiger partial charge in [0.2, 0.25) is 0 Å². The van der Waals surface area contributed by atoms with E-state index in [0.29, 0.717) is 10.6 Å². The SMILES string of the molecule is Oc1ccccc1/C=N/c1cnns1. The highest BCUT2D eigenvalue weighted by atomic mass is 32.1.